The van der Waals surface area contributed by atoms with Crippen LogP contribution in [0.5, 0.6) is 0 Å². The van der Waals surface area contributed by atoms with Gasteiger partial charge in [-0.3, -0.25) is 4.79 Å². The fraction of sp³-hybridized carbons (Fsp3) is 0.812. The Bertz CT molecular complexity index is 528. The van der Waals surface area contributed by atoms with Gasteiger partial charge in [-0.1, -0.05) is 0 Å². The summed E-state index contributed by atoms with van der Waals surface area (Å²) in [4.78, 5) is 36.2. The highest BCUT2D eigenvalue weighted by atomic mass is 16.6. The molecule has 2 rings (SSSR count). The summed E-state index contributed by atoms with van der Waals surface area (Å²) in [5, 5.41) is 14.7. The first-order valence-corrected chi connectivity index (χ1v) is 8.45. The number of amides is 3. The molecule has 1 aliphatic carbocycles. The van der Waals surface area contributed by atoms with Crippen molar-refractivity contribution in [1.29, 1.82) is 0 Å². The van der Waals surface area contributed by atoms with Crippen molar-refractivity contribution < 1.29 is 29.0 Å². The van der Waals surface area contributed by atoms with E-state index >= 15 is 0 Å². The first-order chi connectivity index (χ1) is 11.6. The lowest BCUT2D eigenvalue weighted by atomic mass is 10.0. The third-order valence-electron chi connectivity index (χ3n) is 3.94. The topological polar surface area (TPSA) is 117 Å². The molecule has 1 unspecified atom stereocenters. The number of nitrogens with one attached hydrogen (secondary N) is 2. The molecule has 3 amide bonds. The van der Waals surface area contributed by atoms with Crippen molar-refractivity contribution in [1.82, 2.24) is 15.5 Å². The zero-order chi connectivity index (χ0) is 18.7. The van der Waals surface area contributed by atoms with Crippen molar-refractivity contribution in [3.8, 4) is 0 Å². The van der Waals surface area contributed by atoms with Crippen LogP contribution in [-0.2, 0) is 14.3 Å². The maximum atomic E-state index is 12.1. The van der Waals surface area contributed by atoms with Gasteiger partial charge in [0.2, 0.25) is 5.91 Å². The Morgan fingerprint density at radius 1 is 1.28 bits per heavy atom. The van der Waals surface area contributed by atoms with Crippen LogP contribution in [-0.4, -0.2) is 71.6 Å². The molecule has 0 aromatic heterocycles. The van der Waals surface area contributed by atoms with Crippen LogP contribution in [0.4, 0.5) is 9.59 Å². The fourth-order valence-electron chi connectivity index (χ4n) is 2.65. The highest BCUT2D eigenvalue weighted by Crippen LogP contribution is 2.23. The number of rotatable bonds is 6. The van der Waals surface area contributed by atoms with E-state index in [0.29, 0.717) is 6.42 Å². The van der Waals surface area contributed by atoms with Crippen LogP contribution >= 0.6 is 0 Å². The molecular formula is C16H27N3O6. The van der Waals surface area contributed by atoms with Crippen LogP contribution < -0.4 is 10.6 Å². The van der Waals surface area contributed by atoms with E-state index in [2.05, 4.69) is 10.6 Å². The number of nitrogens with zero attached hydrogens (tertiary/aromatic N) is 1. The quantitative estimate of drug-likeness (QED) is 0.651. The molecule has 0 bridgehead atoms. The zero-order valence-corrected chi connectivity index (χ0v) is 15.0. The average molecular weight is 357 g/mol. The minimum atomic E-state index is -1.06. The fourth-order valence-corrected chi connectivity index (χ4v) is 2.65. The lowest BCUT2D eigenvalue weighted by molar-refractivity contribution is -0.126. The van der Waals surface area contributed by atoms with Gasteiger partial charge < -0.3 is 30.1 Å². The summed E-state index contributed by atoms with van der Waals surface area (Å²) in [6.07, 6.45) is 0.681. The third-order valence-corrected chi connectivity index (χ3v) is 3.94. The molecule has 0 radical (unpaired) electrons. The van der Waals surface area contributed by atoms with E-state index in [0.717, 1.165) is 12.8 Å². The smallest absolute Gasteiger partial charge is 0.408 e. The number of carboxylic acid groups (broad SMARTS) is 1. The molecule has 0 spiro atoms. The van der Waals surface area contributed by atoms with Crippen molar-refractivity contribution in [3.63, 3.8) is 0 Å². The summed E-state index contributed by atoms with van der Waals surface area (Å²) >= 11 is 0. The average Bonchev–Trinajstić information content (AvgIpc) is 3.15. The number of likely N-dealkylation sites (tertiary alicyclic amines) is 1. The Balaban J connectivity index is 1.91. The predicted molar refractivity (Wildman–Crippen MR) is 88.3 cm³/mol. The Morgan fingerprint density at radius 2 is 1.96 bits per heavy atom. The Morgan fingerprint density at radius 3 is 2.48 bits per heavy atom. The van der Waals surface area contributed by atoms with Gasteiger partial charge in [0.1, 0.15) is 12.2 Å². The molecule has 1 saturated carbocycles. The molecular weight excluding hydrogens is 330 g/mol. The van der Waals surface area contributed by atoms with Gasteiger partial charge >= 0.3 is 12.2 Å². The standard InChI is InChI=1S/C16H27N3O6/c1-15(2,3)25-13(21)18-16(6-7-19(9-16)14(22)23)10-24-8-12(20)17-11-4-5-11/h11H,4-10H2,1-3H3,(H,17,20)(H,18,21)(H,22,23). The van der Waals surface area contributed by atoms with Gasteiger partial charge in [0.15, 0.2) is 0 Å². The number of alkyl carbamates (subject to hydrolysis) is 1. The summed E-state index contributed by atoms with van der Waals surface area (Å²) in [5.74, 6) is -0.206. The van der Waals surface area contributed by atoms with Gasteiger partial charge in [0, 0.05) is 19.1 Å². The number of carbonyl (C=O) groups is 3. The minimum absolute atomic E-state index is 0.0358. The molecule has 2 fully saturated rings. The van der Waals surface area contributed by atoms with E-state index in [9.17, 15) is 14.4 Å². The van der Waals surface area contributed by atoms with Crippen molar-refractivity contribution in [2.75, 3.05) is 26.3 Å². The first-order valence-electron chi connectivity index (χ1n) is 8.45. The molecule has 1 atom stereocenters. The van der Waals surface area contributed by atoms with E-state index < -0.39 is 23.3 Å². The second-order valence-corrected chi connectivity index (χ2v) is 7.70. The second-order valence-electron chi connectivity index (χ2n) is 7.70. The lowest BCUT2D eigenvalue weighted by Crippen LogP contribution is -2.55. The molecule has 1 heterocycles. The highest BCUT2D eigenvalue weighted by Gasteiger charge is 2.42. The van der Waals surface area contributed by atoms with Crippen LogP contribution in [0.2, 0.25) is 0 Å². The van der Waals surface area contributed by atoms with Crippen molar-refractivity contribution in [2.24, 2.45) is 0 Å². The van der Waals surface area contributed by atoms with Gasteiger partial charge in [-0.15, -0.1) is 0 Å². The van der Waals surface area contributed by atoms with E-state index in [1.54, 1.807) is 20.8 Å². The van der Waals surface area contributed by atoms with E-state index in [1.807, 2.05) is 0 Å². The molecule has 1 aliphatic heterocycles. The Kier molecular flexibility index (Phi) is 5.76. The normalized spacial score (nSPS) is 23.2. The zero-order valence-electron chi connectivity index (χ0n) is 15.0. The van der Waals surface area contributed by atoms with Gasteiger partial charge in [-0.2, -0.15) is 0 Å². The van der Waals surface area contributed by atoms with Gasteiger partial charge in [0.25, 0.3) is 0 Å². The largest absolute Gasteiger partial charge is 0.465 e. The van der Waals surface area contributed by atoms with E-state index in [-0.39, 0.29) is 38.3 Å². The second kappa shape index (κ2) is 7.47. The molecule has 0 aromatic carbocycles. The number of hydrogen-bond donors (Lipinski definition) is 3. The van der Waals surface area contributed by atoms with Gasteiger partial charge in [0.05, 0.1) is 12.1 Å². The summed E-state index contributed by atoms with van der Waals surface area (Å²) in [6, 6.07) is 0.249. The van der Waals surface area contributed by atoms with E-state index in [4.69, 9.17) is 14.6 Å². The molecule has 142 valence electrons. The third kappa shape index (κ3) is 6.41. The van der Waals surface area contributed by atoms with Crippen LogP contribution in [0, 0.1) is 0 Å². The van der Waals surface area contributed by atoms with E-state index in [1.165, 1.54) is 4.90 Å². The number of carbonyl (C=O) groups excluding carboxylic acids is 2. The van der Waals surface area contributed by atoms with Crippen LogP contribution in [0.3, 0.4) is 0 Å². The number of hydrogen-bond acceptors (Lipinski definition) is 5. The number of ether oxygens (including phenoxy) is 2. The molecule has 9 nitrogen and oxygen atoms in total. The highest BCUT2D eigenvalue weighted by molar-refractivity contribution is 5.77. The van der Waals surface area contributed by atoms with Crippen LogP contribution in [0.25, 0.3) is 0 Å². The maximum absolute atomic E-state index is 12.1. The monoisotopic (exact) mass is 357 g/mol. The Hall–Kier alpha value is -2.03. The molecule has 9 heteroatoms. The summed E-state index contributed by atoms with van der Waals surface area (Å²) in [7, 11) is 0. The molecule has 0 aromatic rings. The van der Waals surface area contributed by atoms with Crippen molar-refractivity contribution in [2.45, 2.75) is 57.2 Å². The Labute approximate surface area is 147 Å². The van der Waals surface area contributed by atoms with Crippen molar-refractivity contribution >= 4 is 18.1 Å². The van der Waals surface area contributed by atoms with Gasteiger partial charge in [-0.25, -0.2) is 9.59 Å². The van der Waals surface area contributed by atoms with Crippen LogP contribution in [0.1, 0.15) is 40.0 Å². The molecule has 3 N–H and O–H groups in total. The summed E-state index contributed by atoms with van der Waals surface area (Å²) in [5.41, 5.74) is -1.57. The van der Waals surface area contributed by atoms with Crippen LogP contribution in [0.15, 0.2) is 0 Å². The predicted octanol–water partition coefficient (Wildman–Crippen LogP) is 0.929. The first kappa shape index (κ1) is 19.3. The summed E-state index contributed by atoms with van der Waals surface area (Å²) < 4.78 is 10.7. The SMILES string of the molecule is CC(C)(C)OC(=O)NC1(COCC(=O)NC2CC2)CCN(C(=O)O)C1. The molecule has 2 aliphatic rings. The maximum Gasteiger partial charge on any atom is 0.408 e. The van der Waals surface area contributed by atoms with Crippen molar-refractivity contribution in [3.05, 3.63) is 0 Å². The summed E-state index contributed by atoms with van der Waals surface area (Å²) in [6.45, 7) is 5.52. The molecule has 25 heavy (non-hydrogen) atoms. The van der Waals surface area contributed by atoms with Gasteiger partial charge in [-0.05, 0) is 40.0 Å². The minimum Gasteiger partial charge on any atom is -0.465 e. The molecule has 1 saturated heterocycles. The lowest BCUT2D eigenvalue weighted by Gasteiger charge is -2.31.